The van der Waals surface area contributed by atoms with Crippen LogP contribution in [0.4, 0.5) is 0 Å². The van der Waals surface area contributed by atoms with Gasteiger partial charge in [0.05, 0.1) is 4.90 Å². The normalized spacial score (nSPS) is 12.7. The van der Waals surface area contributed by atoms with Gasteiger partial charge >= 0.3 is 0 Å². The van der Waals surface area contributed by atoms with Gasteiger partial charge in [-0.05, 0) is 52.8 Å². The summed E-state index contributed by atoms with van der Waals surface area (Å²) < 4.78 is 28.2. The van der Waals surface area contributed by atoms with Crippen molar-refractivity contribution in [2.75, 3.05) is 6.54 Å². The molecule has 0 aliphatic heterocycles. The fourth-order valence-electron chi connectivity index (χ4n) is 3.14. The first-order valence-electron chi connectivity index (χ1n) is 10.1. The standard InChI is InChI=1S/C26H29NO2S/c1-20-10-16-25(17-11-20)30(28,29)27-19-23(22-8-6-5-7-9-22)18-21-12-14-24(15-13-21)26(2,3)4/h5-18,27H,19H2,1-4H3/b23-18-. The van der Waals surface area contributed by atoms with Crippen LogP contribution in [0, 0.1) is 6.92 Å². The van der Waals surface area contributed by atoms with Gasteiger partial charge in [0, 0.05) is 6.54 Å². The van der Waals surface area contributed by atoms with Crippen LogP contribution in [0.3, 0.4) is 0 Å². The lowest BCUT2D eigenvalue weighted by molar-refractivity contribution is 0.586. The zero-order chi connectivity index (χ0) is 21.8. The Morgan fingerprint density at radius 3 is 2.03 bits per heavy atom. The van der Waals surface area contributed by atoms with Crippen LogP contribution in [0.2, 0.25) is 0 Å². The molecule has 3 aromatic carbocycles. The number of nitrogens with one attached hydrogen (secondary N) is 1. The van der Waals surface area contributed by atoms with E-state index in [4.69, 9.17) is 0 Å². The minimum absolute atomic E-state index is 0.0914. The molecule has 156 valence electrons. The minimum Gasteiger partial charge on any atom is -0.207 e. The van der Waals surface area contributed by atoms with Gasteiger partial charge in [-0.1, -0.05) is 93.1 Å². The van der Waals surface area contributed by atoms with Crippen LogP contribution in [0.5, 0.6) is 0 Å². The summed E-state index contributed by atoms with van der Waals surface area (Å²) in [6, 6.07) is 25.2. The van der Waals surface area contributed by atoms with Gasteiger partial charge in [-0.2, -0.15) is 0 Å². The molecule has 0 saturated heterocycles. The van der Waals surface area contributed by atoms with E-state index in [0.29, 0.717) is 0 Å². The van der Waals surface area contributed by atoms with Crippen molar-refractivity contribution >= 4 is 21.7 Å². The summed E-state index contributed by atoms with van der Waals surface area (Å²) in [6.07, 6.45) is 2.04. The predicted molar refractivity (Wildman–Crippen MR) is 126 cm³/mol. The van der Waals surface area contributed by atoms with Crippen LogP contribution in [-0.4, -0.2) is 15.0 Å². The minimum atomic E-state index is -3.59. The summed E-state index contributed by atoms with van der Waals surface area (Å²) in [5, 5.41) is 0. The third-order valence-corrected chi connectivity index (χ3v) is 6.46. The molecule has 0 aliphatic rings. The van der Waals surface area contributed by atoms with Crippen molar-refractivity contribution in [2.45, 2.75) is 38.0 Å². The van der Waals surface area contributed by atoms with E-state index >= 15 is 0 Å². The molecular formula is C26H29NO2S. The van der Waals surface area contributed by atoms with Crippen molar-refractivity contribution in [2.24, 2.45) is 0 Å². The fraction of sp³-hybridized carbons (Fsp3) is 0.231. The molecule has 0 fully saturated rings. The van der Waals surface area contributed by atoms with Gasteiger partial charge in [-0.25, -0.2) is 13.1 Å². The van der Waals surface area contributed by atoms with Crippen molar-refractivity contribution in [3.05, 3.63) is 101 Å². The van der Waals surface area contributed by atoms with E-state index in [1.165, 1.54) is 5.56 Å². The maximum absolute atomic E-state index is 12.7. The second-order valence-corrected chi connectivity index (χ2v) is 10.3. The Hall–Kier alpha value is -2.69. The molecule has 0 radical (unpaired) electrons. The Morgan fingerprint density at radius 1 is 0.867 bits per heavy atom. The summed E-state index contributed by atoms with van der Waals surface area (Å²) in [7, 11) is -3.59. The molecule has 0 aromatic heterocycles. The van der Waals surface area contributed by atoms with Gasteiger partial charge in [-0.15, -0.1) is 0 Å². The molecule has 0 saturated carbocycles. The molecule has 30 heavy (non-hydrogen) atoms. The molecule has 1 N–H and O–H groups in total. The van der Waals surface area contributed by atoms with Crippen molar-refractivity contribution in [1.29, 1.82) is 0 Å². The maximum atomic E-state index is 12.7. The Kier molecular flexibility index (Phi) is 6.59. The fourth-order valence-corrected chi connectivity index (χ4v) is 4.15. The summed E-state index contributed by atoms with van der Waals surface area (Å²) >= 11 is 0. The third-order valence-electron chi connectivity index (χ3n) is 5.05. The molecule has 0 aliphatic carbocycles. The van der Waals surface area contributed by atoms with Gasteiger partial charge in [-0.3, -0.25) is 0 Å². The lowest BCUT2D eigenvalue weighted by atomic mass is 9.86. The van der Waals surface area contributed by atoms with Crippen molar-refractivity contribution in [1.82, 2.24) is 4.72 Å². The lowest BCUT2D eigenvalue weighted by Crippen LogP contribution is -2.25. The molecular weight excluding hydrogens is 390 g/mol. The number of benzene rings is 3. The van der Waals surface area contributed by atoms with Crippen LogP contribution >= 0.6 is 0 Å². The highest BCUT2D eigenvalue weighted by molar-refractivity contribution is 7.89. The highest BCUT2D eigenvalue weighted by Crippen LogP contribution is 2.24. The first-order valence-corrected chi connectivity index (χ1v) is 11.6. The average Bonchev–Trinajstić information content (AvgIpc) is 2.72. The molecule has 0 spiro atoms. The van der Waals surface area contributed by atoms with Gasteiger partial charge in [0.25, 0.3) is 0 Å². The van der Waals surface area contributed by atoms with Crippen molar-refractivity contribution in [3.63, 3.8) is 0 Å². The van der Waals surface area contributed by atoms with E-state index in [2.05, 4.69) is 49.8 Å². The van der Waals surface area contributed by atoms with E-state index in [1.807, 2.05) is 43.3 Å². The first-order chi connectivity index (χ1) is 14.1. The molecule has 0 bridgehead atoms. The zero-order valence-electron chi connectivity index (χ0n) is 18.0. The quantitative estimate of drug-likeness (QED) is 0.512. The van der Waals surface area contributed by atoms with Crippen molar-refractivity contribution < 1.29 is 8.42 Å². The predicted octanol–water partition coefficient (Wildman–Crippen LogP) is 5.81. The van der Waals surface area contributed by atoms with Crippen LogP contribution in [0.15, 0.2) is 83.8 Å². The van der Waals surface area contributed by atoms with Crippen LogP contribution in [0.25, 0.3) is 11.6 Å². The number of hydrogen-bond acceptors (Lipinski definition) is 2. The zero-order valence-corrected chi connectivity index (χ0v) is 18.8. The van der Waals surface area contributed by atoms with E-state index in [1.54, 1.807) is 24.3 Å². The second kappa shape index (κ2) is 8.99. The molecule has 3 nitrogen and oxygen atoms in total. The molecule has 4 heteroatoms. The molecule has 0 heterocycles. The number of aryl methyl sites for hydroxylation is 1. The first kappa shape index (κ1) is 22.0. The Bertz CT molecular complexity index is 1110. The van der Waals surface area contributed by atoms with E-state index in [9.17, 15) is 8.42 Å². The second-order valence-electron chi connectivity index (χ2n) is 8.55. The van der Waals surface area contributed by atoms with Gasteiger partial charge in [0.2, 0.25) is 10.0 Å². The van der Waals surface area contributed by atoms with Gasteiger partial charge in [0.1, 0.15) is 0 Å². The lowest BCUT2D eigenvalue weighted by Gasteiger charge is -2.19. The van der Waals surface area contributed by atoms with E-state index < -0.39 is 10.0 Å². The number of rotatable bonds is 6. The van der Waals surface area contributed by atoms with Crippen LogP contribution < -0.4 is 4.72 Å². The topological polar surface area (TPSA) is 46.2 Å². The smallest absolute Gasteiger partial charge is 0.207 e. The number of hydrogen-bond donors (Lipinski definition) is 1. The molecule has 3 aromatic rings. The Balaban J connectivity index is 1.88. The van der Waals surface area contributed by atoms with E-state index in [0.717, 1.165) is 22.3 Å². The summed E-state index contributed by atoms with van der Waals surface area (Å²) in [4.78, 5) is 0.273. The van der Waals surface area contributed by atoms with Gasteiger partial charge < -0.3 is 0 Å². The highest BCUT2D eigenvalue weighted by Gasteiger charge is 2.15. The molecule has 0 unspecified atom stereocenters. The largest absolute Gasteiger partial charge is 0.240 e. The molecule has 0 atom stereocenters. The highest BCUT2D eigenvalue weighted by atomic mass is 32.2. The Morgan fingerprint density at radius 2 is 1.47 bits per heavy atom. The van der Waals surface area contributed by atoms with Crippen LogP contribution in [-0.2, 0) is 15.4 Å². The molecule has 3 rings (SSSR count). The average molecular weight is 420 g/mol. The summed E-state index contributed by atoms with van der Waals surface area (Å²) in [6.45, 7) is 8.71. The summed E-state index contributed by atoms with van der Waals surface area (Å²) in [5.74, 6) is 0. The summed E-state index contributed by atoms with van der Waals surface area (Å²) in [5.41, 5.74) is 5.32. The third kappa shape index (κ3) is 5.68. The number of sulfonamides is 1. The van der Waals surface area contributed by atoms with E-state index in [-0.39, 0.29) is 16.9 Å². The monoisotopic (exact) mass is 419 g/mol. The molecule has 0 amide bonds. The maximum Gasteiger partial charge on any atom is 0.240 e. The van der Waals surface area contributed by atoms with Crippen molar-refractivity contribution in [3.8, 4) is 0 Å². The van der Waals surface area contributed by atoms with Crippen LogP contribution in [0.1, 0.15) is 43.0 Å². The Labute approximate surface area is 180 Å². The SMILES string of the molecule is Cc1ccc(S(=O)(=O)NC/C(=C/c2ccc(C(C)(C)C)cc2)c2ccccc2)cc1. The van der Waals surface area contributed by atoms with Gasteiger partial charge in [0.15, 0.2) is 0 Å².